The number of nitrogens with zero attached hydrogens (tertiary/aromatic N) is 1. The third kappa shape index (κ3) is 5.94. The van der Waals surface area contributed by atoms with Crippen LogP contribution in [-0.4, -0.2) is 23.2 Å². The summed E-state index contributed by atoms with van der Waals surface area (Å²) in [5, 5.41) is 0.304. The number of hydrogen-bond donors (Lipinski definition) is 0. The molecule has 0 spiro atoms. The van der Waals surface area contributed by atoms with E-state index in [9.17, 15) is 14.0 Å². The molecule has 0 atom stereocenters. The Morgan fingerprint density at radius 1 is 1.11 bits per heavy atom. The monoisotopic (exact) mass is 643 g/mol. The fraction of sp³-hybridized carbons (Fsp3) is 0.120. The number of halogens is 4. The lowest BCUT2D eigenvalue weighted by molar-refractivity contribution is -0.123. The minimum atomic E-state index is -0.575. The van der Waals surface area contributed by atoms with Crippen LogP contribution in [0.2, 0.25) is 10.0 Å². The highest BCUT2D eigenvalue weighted by atomic mass is 127. The Labute approximate surface area is 229 Å². The molecule has 3 aromatic carbocycles. The largest absolute Gasteiger partial charge is 0.493 e. The molecule has 2 amide bonds. The van der Waals surface area contributed by atoms with Crippen molar-refractivity contribution in [2.75, 3.05) is 7.11 Å². The molecule has 1 aliphatic rings. The summed E-state index contributed by atoms with van der Waals surface area (Å²) in [7, 11) is 1.52. The van der Waals surface area contributed by atoms with E-state index in [-0.39, 0.29) is 22.0 Å². The summed E-state index contributed by atoms with van der Waals surface area (Å²) >= 11 is 14.9. The zero-order valence-corrected chi connectivity index (χ0v) is 22.7. The number of methoxy groups -OCH3 is 1. The molecule has 3 aromatic rings. The quantitative estimate of drug-likeness (QED) is 0.196. The standard InChI is InChI=1S/C25H17Cl2FINO4S/c1-33-21-10-15(9-20(29)23(21)34-13-14-5-7-16(26)8-6-14)11-22-24(31)30(25(32)35-22)12-17-18(27)3-2-4-19(17)28/h2-11H,12-13H2,1H3/b22-11+. The van der Waals surface area contributed by atoms with E-state index in [1.54, 1.807) is 24.3 Å². The van der Waals surface area contributed by atoms with Gasteiger partial charge < -0.3 is 9.47 Å². The molecule has 0 bridgehead atoms. The molecule has 0 saturated carbocycles. The van der Waals surface area contributed by atoms with Crippen molar-refractivity contribution in [2.45, 2.75) is 13.2 Å². The van der Waals surface area contributed by atoms with Crippen molar-refractivity contribution in [2.24, 2.45) is 0 Å². The first-order valence-corrected chi connectivity index (χ1v) is 12.8. The second-order valence-corrected chi connectivity index (χ2v) is 10.4. The van der Waals surface area contributed by atoms with E-state index in [1.165, 1.54) is 25.3 Å². The Bertz CT molecular complexity index is 1310. The van der Waals surface area contributed by atoms with Crippen molar-refractivity contribution in [3.63, 3.8) is 0 Å². The summed E-state index contributed by atoms with van der Waals surface area (Å²) < 4.78 is 26.4. The minimum Gasteiger partial charge on any atom is -0.493 e. The first kappa shape index (κ1) is 25.8. The van der Waals surface area contributed by atoms with Gasteiger partial charge in [0, 0.05) is 15.6 Å². The van der Waals surface area contributed by atoms with Gasteiger partial charge in [0.15, 0.2) is 11.5 Å². The van der Waals surface area contributed by atoms with Crippen LogP contribution in [0.25, 0.3) is 6.08 Å². The summed E-state index contributed by atoms with van der Waals surface area (Å²) in [6, 6.07) is 15.1. The van der Waals surface area contributed by atoms with E-state index in [2.05, 4.69) is 22.6 Å². The molecule has 0 unspecified atom stereocenters. The fourth-order valence-electron chi connectivity index (χ4n) is 3.33. The molecule has 0 aliphatic carbocycles. The van der Waals surface area contributed by atoms with E-state index < -0.39 is 17.0 Å². The Balaban J connectivity index is 1.54. The molecule has 1 fully saturated rings. The van der Waals surface area contributed by atoms with Crippen molar-refractivity contribution in [3.05, 3.63) is 95.6 Å². The summed E-state index contributed by atoms with van der Waals surface area (Å²) in [5.41, 5.74) is 1.69. The molecule has 1 aliphatic heterocycles. The number of hydrogen-bond acceptors (Lipinski definition) is 5. The molecular weight excluding hydrogens is 627 g/mol. The second-order valence-electron chi connectivity index (χ2n) is 7.42. The van der Waals surface area contributed by atoms with Crippen molar-refractivity contribution < 1.29 is 23.5 Å². The Kier molecular flexibility index (Phi) is 8.26. The topological polar surface area (TPSA) is 55.8 Å². The van der Waals surface area contributed by atoms with Gasteiger partial charge in [0.25, 0.3) is 11.1 Å². The van der Waals surface area contributed by atoms with E-state index in [4.69, 9.17) is 32.7 Å². The zero-order chi connectivity index (χ0) is 25.1. The number of benzene rings is 3. The second kappa shape index (κ2) is 11.2. The van der Waals surface area contributed by atoms with Gasteiger partial charge >= 0.3 is 0 Å². The van der Waals surface area contributed by atoms with Crippen molar-refractivity contribution >= 4 is 74.8 Å². The van der Waals surface area contributed by atoms with Crippen molar-refractivity contribution in [1.82, 2.24) is 4.90 Å². The third-order valence-corrected chi connectivity index (χ3v) is 7.41. The van der Waals surface area contributed by atoms with Crippen LogP contribution in [0.15, 0.2) is 59.5 Å². The van der Waals surface area contributed by atoms with E-state index >= 15 is 0 Å². The van der Waals surface area contributed by atoms with Gasteiger partial charge in [-0.15, -0.1) is 0 Å². The average Bonchev–Trinajstić information content (AvgIpc) is 3.08. The van der Waals surface area contributed by atoms with E-state index in [1.807, 2.05) is 18.2 Å². The number of thioether (sulfide) groups is 1. The van der Waals surface area contributed by atoms with Crippen LogP contribution in [0, 0.1) is 9.39 Å². The van der Waals surface area contributed by atoms with Gasteiger partial charge in [0.05, 0.1) is 22.1 Å². The normalized spacial score (nSPS) is 14.7. The summed E-state index contributed by atoms with van der Waals surface area (Å²) in [6.07, 6.45) is 1.60. The molecule has 1 saturated heterocycles. The zero-order valence-electron chi connectivity index (χ0n) is 18.2. The molecular formula is C25H17Cl2FINO4S. The molecule has 0 aromatic heterocycles. The Morgan fingerprint density at radius 2 is 1.86 bits per heavy atom. The maximum Gasteiger partial charge on any atom is 0.293 e. The van der Waals surface area contributed by atoms with Crippen LogP contribution >= 0.6 is 57.6 Å². The molecule has 0 radical (unpaired) electrons. The van der Waals surface area contributed by atoms with Crippen LogP contribution in [-0.2, 0) is 17.9 Å². The van der Waals surface area contributed by atoms with Crippen LogP contribution in [0.3, 0.4) is 0 Å². The first-order valence-electron chi connectivity index (χ1n) is 10.2. The van der Waals surface area contributed by atoms with Gasteiger partial charge in [-0.3, -0.25) is 14.5 Å². The highest BCUT2D eigenvalue weighted by molar-refractivity contribution is 14.1. The van der Waals surface area contributed by atoms with Gasteiger partial charge in [0.1, 0.15) is 12.4 Å². The number of carbonyl (C=O) groups is 2. The average molecular weight is 644 g/mol. The number of ether oxygens (including phenoxy) is 2. The van der Waals surface area contributed by atoms with Gasteiger partial charge in [-0.05, 0) is 88.0 Å². The maximum atomic E-state index is 14.2. The number of imide groups is 1. The van der Waals surface area contributed by atoms with E-state index in [0.717, 1.165) is 25.8 Å². The molecule has 1 heterocycles. The highest BCUT2D eigenvalue weighted by Gasteiger charge is 2.36. The third-order valence-electron chi connectivity index (χ3n) is 5.10. The SMILES string of the molecule is COc1cc(/C=C2/SC(=O)N(Cc3c(F)cccc3Cl)C2=O)cc(I)c1OCc1ccc(Cl)cc1. The number of rotatable bonds is 7. The summed E-state index contributed by atoms with van der Waals surface area (Å²) in [5.74, 6) is -0.0534. The number of carbonyl (C=O) groups excluding carboxylic acids is 2. The Morgan fingerprint density at radius 3 is 2.54 bits per heavy atom. The van der Waals surface area contributed by atoms with E-state index in [0.29, 0.717) is 28.7 Å². The Hall–Kier alpha value is -2.27. The van der Waals surface area contributed by atoms with Crippen molar-refractivity contribution in [3.8, 4) is 11.5 Å². The molecule has 5 nitrogen and oxygen atoms in total. The predicted octanol–water partition coefficient (Wildman–Crippen LogP) is 7.56. The molecule has 10 heteroatoms. The number of amides is 2. The van der Waals surface area contributed by atoms with Gasteiger partial charge in [0.2, 0.25) is 0 Å². The summed E-state index contributed by atoms with van der Waals surface area (Å²) in [4.78, 5) is 26.6. The smallest absolute Gasteiger partial charge is 0.293 e. The highest BCUT2D eigenvalue weighted by Crippen LogP contribution is 2.38. The van der Waals surface area contributed by atoms with Gasteiger partial charge in [-0.2, -0.15) is 0 Å². The lowest BCUT2D eigenvalue weighted by atomic mass is 10.1. The van der Waals surface area contributed by atoms with Gasteiger partial charge in [-0.25, -0.2) is 4.39 Å². The lowest BCUT2D eigenvalue weighted by Crippen LogP contribution is -2.28. The maximum absolute atomic E-state index is 14.2. The lowest BCUT2D eigenvalue weighted by Gasteiger charge is -2.14. The molecule has 0 N–H and O–H groups in total. The molecule has 35 heavy (non-hydrogen) atoms. The van der Waals surface area contributed by atoms with Crippen LogP contribution in [0.4, 0.5) is 9.18 Å². The predicted molar refractivity (Wildman–Crippen MR) is 144 cm³/mol. The van der Waals surface area contributed by atoms with Crippen LogP contribution in [0.5, 0.6) is 11.5 Å². The van der Waals surface area contributed by atoms with Crippen LogP contribution < -0.4 is 9.47 Å². The fourth-order valence-corrected chi connectivity index (χ4v) is 5.30. The molecule has 4 rings (SSSR count). The first-order chi connectivity index (χ1) is 16.8. The minimum absolute atomic E-state index is 0.0936. The van der Waals surface area contributed by atoms with Gasteiger partial charge in [-0.1, -0.05) is 41.4 Å². The van der Waals surface area contributed by atoms with Crippen molar-refractivity contribution in [1.29, 1.82) is 0 Å². The molecule has 180 valence electrons. The van der Waals surface area contributed by atoms with Crippen LogP contribution in [0.1, 0.15) is 16.7 Å². The summed E-state index contributed by atoms with van der Waals surface area (Å²) in [6.45, 7) is 0.0756.